The summed E-state index contributed by atoms with van der Waals surface area (Å²) < 4.78 is 4.57. The summed E-state index contributed by atoms with van der Waals surface area (Å²) in [7, 11) is 0. The van der Waals surface area contributed by atoms with Crippen LogP contribution >= 0.6 is 0 Å². The maximum absolute atomic E-state index is 10.7. The molecule has 0 spiro atoms. The molecule has 0 saturated heterocycles. The molecule has 11 heavy (non-hydrogen) atoms. The summed E-state index contributed by atoms with van der Waals surface area (Å²) in [4.78, 5) is 21.0. The molecule has 0 radical (unpaired) electrons. The first kappa shape index (κ1) is 7.53. The largest absolute Gasteiger partial charge is 0.475 e. The molecule has 4 heteroatoms. The molecule has 0 aliphatic carbocycles. The molecule has 1 aromatic heterocycles. The van der Waals surface area contributed by atoms with Crippen LogP contribution in [0.3, 0.4) is 0 Å². The molecular formula is C7H6O4. The van der Waals surface area contributed by atoms with Crippen molar-refractivity contribution >= 4 is 11.8 Å². The van der Waals surface area contributed by atoms with E-state index in [-0.39, 0.29) is 17.1 Å². The molecule has 0 unspecified atom stereocenters. The lowest BCUT2D eigenvalue weighted by Crippen LogP contribution is -2.01. The van der Waals surface area contributed by atoms with E-state index in [2.05, 4.69) is 4.42 Å². The molecule has 4 nitrogen and oxygen atoms in total. The van der Waals surface area contributed by atoms with Gasteiger partial charge in [0.15, 0.2) is 5.78 Å². The van der Waals surface area contributed by atoms with Crippen LogP contribution in [0.4, 0.5) is 0 Å². The molecule has 58 valence electrons. The van der Waals surface area contributed by atoms with Crippen molar-refractivity contribution in [3.63, 3.8) is 0 Å². The fourth-order valence-corrected chi connectivity index (χ4v) is 0.752. The van der Waals surface area contributed by atoms with Gasteiger partial charge in [-0.15, -0.1) is 0 Å². The van der Waals surface area contributed by atoms with Gasteiger partial charge in [0.25, 0.3) is 0 Å². The Kier molecular flexibility index (Phi) is 1.76. The second-order valence-corrected chi connectivity index (χ2v) is 2.02. The molecule has 1 rings (SSSR count). The predicted octanol–water partition coefficient (Wildman–Crippen LogP) is 1.18. The van der Waals surface area contributed by atoms with E-state index in [1.54, 1.807) is 0 Å². The number of furan rings is 1. The number of hydrogen-bond acceptors (Lipinski definition) is 3. The number of carboxylic acids is 1. The Morgan fingerprint density at radius 2 is 2.18 bits per heavy atom. The Hall–Kier alpha value is -1.58. The Morgan fingerprint density at radius 3 is 2.55 bits per heavy atom. The lowest BCUT2D eigenvalue weighted by Gasteiger charge is -1.89. The van der Waals surface area contributed by atoms with Crippen LogP contribution in [0.2, 0.25) is 0 Å². The van der Waals surface area contributed by atoms with Crippen molar-refractivity contribution in [2.45, 2.75) is 6.92 Å². The van der Waals surface area contributed by atoms with Gasteiger partial charge in [-0.2, -0.15) is 0 Å². The molecule has 0 fully saturated rings. The average molecular weight is 154 g/mol. The molecule has 1 aromatic rings. The standard InChI is InChI=1S/C7H6O4/c1-4(8)5-2-3-11-6(5)7(9)10/h2-3H,1H3,(H,9,10). The number of ketones is 1. The number of carboxylic acid groups (broad SMARTS) is 1. The van der Waals surface area contributed by atoms with E-state index in [9.17, 15) is 9.59 Å². The molecule has 0 aliphatic heterocycles. The zero-order valence-electron chi connectivity index (χ0n) is 5.83. The minimum atomic E-state index is -1.22. The zero-order valence-corrected chi connectivity index (χ0v) is 5.83. The van der Waals surface area contributed by atoms with Crippen molar-refractivity contribution in [2.75, 3.05) is 0 Å². The molecule has 0 aromatic carbocycles. The number of carbonyl (C=O) groups excluding carboxylic acids is 1. The first-order valence-corrected chi connectivity index (χ1v) is 2.94. The van der Waals surface area contributed by atoms with Gasteiger partial charge in [-0.05, 0) is 13.0 Å². The van der Waals surface area contributed by atoms with Gasteiger partial charge in [-0.25, -0.2) is 4.79 Å². The van der Waals surface area contributed by atoms with Crippen molar-refractivity contribution in [1.82, 2.24) is 0 Å². The van der Waals surface area contributed by atoms with Crippen molar-refractivity contribution < 1.29 is 19.1 Å². The first-order chi connectivity index (χ1) is 5.13. The number of Topliss-reactive ketones (excluding diaryl/α,β-unsaturated/α-hetero) is 1. The van der Waals surface area contributed by atoms with Crippen molar-refractivity contribution in [1.29, 1.82) is 0 Å². The van der Waals surface area contributed by atoms with Gasteiger partial charge in [0.05, 0.1) is 11.8 Å². The molecular weight excluding hydrogens is 148 g/mol. The van der Waals surface area contributed by atoms with Crippen LogP contribution < -0.4 is 0 Å². The predicted molar refractivity (Wildman–Crippen MR) is 35.7 cm³/mol. The van der Waals surface area contributed by atoms with E-state index in [4.69, 9.17) is 5.11 Å². The summed E-state index contributed by atoms with van der Waals surface area (Å²) in [5, 5.41) is 8.46. The van der Waals surface area contributed by atoms with E-state index < -0.39 is 5.97 Å². The van der Waals surface area contributed by atoms with Crippen LogP contribution in [0, 0.1) is 0 Å². The molecule has 1 N–H and O–H groups in total. The van der Waals surface area contributed by atoms with Gasteiger partial charge in [-0.1, -0.05) is 0 Å². The van der Waals surface area contributed by atoms with Crippen LogP contribution in [-0.4, -0.2) is 16.9 Å². The SMILES string of the molecule is CC(=O)c1ccoc1C(=O)O. The summed E-state index contributed by atoms with van der Waals surface area (Å²) >= 11 is 0. The third kappa shape index (κ3) is 1.29. The van der Waals surface area contributed by atoms with Gasteiger partial charge in [0.1, 0.15) is 0 Å². The highest BCUT2D eigenvalue weighted by Gasteiger charge is 2.16. The third-order valence-electron chi connectivity index (χ3n) is 1.24. The van der Waals surface area contributed by atoms with Crippen molar-refractivity contribution in [3.05, 3.63) is 23.7 Å². The summed E-state index contributed by atoms with van der Waals surface area (Å²) in [6.45, 7) is 1.29. The Labute approximate surface area is 62.4 Å². The molecule has 0 amide bonds. The smallest absolute Gasteiger partial charge is 0.372 e. The lowest BCUT2D eigenvalue weighted by atomic mass is 10.2. The second-order valence-electron chi connectivity index (χ2n) is 2.02. The average Bonchev–Trinajstić information content (AvgIpc) is 2.32. The van der Waals surface area contributed by atoms with Gasteiger partial charge in [0.2, 0.25) is 5.76 Å². The minimum absolute atomic E-state index is 0.109. The molecule has 0 saturated carbocycles. The Bertz CT molecular complexity index is 269. The maximum atomic E-state index is 10.7. The highest BCUT2D eigenvalue weighted by molar-refractivity contribution is 6.03. The van der Waals surface area contributed by atoms with Crippen LogP contribution in [0.5, 0.6) is 0 Å². The second kappa shape index (κ2) is 2.57. The van der Waals surface area contributed by atoms with E-state index in [1.165, 1.54) is 19.3 Å². The first-order valence-electron chi connectivity index (χ1n) is 2.94. The van der Waals surface area contributed by atoms with E-state index in [0.29, 0.717) is 0 Å². The monoisotopic (exact) mass is 154 g/mol. The maximum Gasteiger partial charge on any atom is 0.372 e. The van der Waals surface area contributed by atoms with Gasteiger partial charge in [-0.3, -0.25) is 4.79 Å². The molecule has 0 bridgehead atoms. The van der Waals surface area contributed by atoms with Crippen LogP contribution in [0.1, 0.15) is 27.8 Å². The summed E-state index contributed by atoms with van der Waals surface area (Å²) in [5.74, 6) is -1.83. The Balaban J connectivity index is 3.16. The van der Waals surface area contributed by atoms with Gasteiger partial charge < -0.3 is 9.52 Å². The van der Waals surface area contributed by atoms with Crippen LogP contribution in [-0.2, 0) is 0 Å². The van der Waals surface area contributed by atoms with E-state index in [0.717, 1.165) is 0 Å². The fraction of sp³-hybridized carbons (Fsp3) is 0.143. The third-order valence-corrected chi connectivity index (χ3v) is 1.24. The Morgan fingerprint density at radius 1 is 1.55 bits per heavy atom. The van der Waals surface area contributed by atoms with Crippen molar-refractivity contribution in [3.8, 4) is 0 Å². The van der Waals surface area contributed by atoms with Crippen molar-refractivity contribution in [2.24, 2.45) is 0 Å². The number of rotatable bonds is 2. The van der Waals surface area contributed by atoms with E-state index in [1.807, 2.05) is 0 Å². The summed E-state index contributed by atoms with van der Waals surface area (Å²) in [6, 6.07) is 1.34. The minimum Gasteiger partial charge on any atom is -0.475 e. The zero-order chi connectivity index (χ0) is 8.43. The molecule has 0 aliphatic rings. The number of carbonyl (C=O) groups is 2. The van der Waals surface area contributed by atoms with E-state index >= 15 is 0 Å². The highest BCUT2D eigenvalue weighted by atomic mass is 16.4. The van der Waals surface area contributed by atoms with Crippen LogP contribution in [0.15, 0.2) is 16.7 Å². The van der Waals surface area contributed by atoms with Crippen LogP contribution in [0.25, 0.3) is 0 Å². The number of hydrogen-bond donors (Lipinski definition) is 1. The van der Waals surface area contributed by atoms with Gasteiger partial charge >= 0.3 is 5.97 Å². The summed E-state index contributed by atoms with van der Waals surface area (Å²) in [5.41, 5.74) is 0.109. The fourth-order valence-electron chi connectivity index (χ4n) is 0.752. The number of aromatic carboxylic acids is 1. The topological polar surface area (TPSA) is 67.5 Å². The molecule has 0 atom stereocenters. The highest BCUT2D eigenvalue weighted by Crippen LogP contribution is 2.10. The van der Waals surface area contributed by atoms with Gasteiger partial charge in [0, 0.05) is 0 Å². The molecule has 1 heterocycles. The lowest BCUT2D eigenvalue weighted by molar-refractivity contribution is 0.0657. The normalized spacial score (nSPS) is 9.55. The quantitative estimate of drug-likeness (QED) is 0.649. The summed E-state index contributed by atoms with van der Waals surface area (Å²) in [6.07, 6.45) is 1.18.